The van der Waals surface area contributed by atoms with Crippen LogP contribution in [0.2, 0.25) is 0 Å². The van der Waals surface area contributed by atoms with Gasteiger partial charge in [0.2, 0.25) is 0 Å². The zero-order chi connectivity index (χ0) is 19.4. The van der Waals surface area contributed by atoms with Gasteiger partial charge in [0.05, 0.1) is 17.1 Å². The molecule has 0 saturated carbocycles. The van der Waals surface area contributed by atoms with Gasteiger partial charge in [-0.3, -0.25) is 4.79 Å². The predicted molar refractivity (Wildman–Crippen MR) is 102 cm³/mol. The van der Waals surface area contributed by atoms with Crippen LogP contribution in [-0.2, 0) is 11.2 Å². The molecule has 0 N–H and O–H groups in total. The van der Waals surface area contributed by atoms with Crippen molar-refractivity contribution in [3.8, 4) is 11.8 Å². The molecule has 0 aromatic heterocycles. The topological polar surface area (TPSA) is 56.6 Å². The molecule has 138 valence electrons. The van der Waals surface area contributed by atoms with Crippen LogP contribution in [0.25, 0.3) is 0 Å². The number of likely N-dealkylation sites (N-methyl/N-ethyl adjacent to an activating group) is 2. The Morgan fingerprint density at radius 1 is 1.11 bits per heavy atom. The van der Waals surface area contributed by atoms with Crippen molar-refractivity contribution in [2.75, 3.05) is 14.1 Å². The Morgan fingerprint density at radius 3 is 2.41 bits per heavy atom. The number of fused-ring (bicyclic) bond motifs is 1. The predicted octanol–water partition coefficient (Wildman–Crippen LogP) is 3.11. The van der Waals surface area contributed by atoms with Gasteiger partial charge in [0.25, 0.3) is 11.6 Å². The number of amides is 1. The molecule has 1 amide bonds. The lowest BCUT2D eigenvalue weighted by atomic mass is 9.79. The van der Waals surface area contributed by atoms with E-state index >= 15 is 0 Å². The Morgan fingerprint density at radius 2 is 1.81 bits per heavy atom. The summed E-state index contributed by atoms with van der Waals surface area (Å²) in [5, 5.41) is 9.56. The molecule has 5 heteroatoms. The fourth-order valence-corrected chi connectivity index (χ4v) is 4.33. The van der Waals surface area contributed by atoms with Gasteiger partial charge in [-0.15, -0.1) is 0 Å². The molecule has 1 fully saturated rings. The third-order valence-corrected chi connectivity index (χ3v) is 6.32. The van der Waals surface area contributed by atoms with Crippen molar-refractivity contribution in [1.82, 2.24) is 9.80 Å². The molecule has 1 saturated heterocycles. The molecule has 0 aliphatic carbocycles. The van der Waals surface area contributed by atoms with Crippen LogP contribution < -0.4 is 4.74 Å². The van der Waals surface area contributed by atoms with Crippen molar-refractivity contribution in [2.45, 2.75) is 37.6 Å². The maximum atomic E-state index is 13.6. The average molecular weight is 361 g/mol. The third kappa shape index (κ3) is 2.23. The summed E-state index contributed by atoms with van der Waals surface area (Å²) in [6, 6.07) is 17.8. The number of nitriles is 1. The summed E-state index contributed by atoms with van der Waals surface area (Å²) in [7, 11) is 3.74. The van der Waals surface area contributed by atoms with E-state index in [1.165, 1.54) is 0 Å². The van der Waals surface area contributed by atoms with Crippen molar-refractivity contribution in [1.29, 1.82) is 5.26 Å². The molecule has 1 spiro atoms. The summed E-state index contributed by atoms with van der Waals surface area (Å²) < 4.78 is 6.51. The second kappa shape index (κ2) is 5.83. The lowest BCUT2D eigenvalue weighted by molar-refractivity contribution is -0.153. The number of hydrogen-bond acceptors (Lipinski definition) is 4. The molecule has 2 atom stereocenters. The van der Waals surface area contributed by atoms with Crippen molar-refractivity contribution in [3.63, 3.8) is 0 Å². The highest BCUT2D eigenvalue weighted by atomic mass is 16.5. The first-order valence-electron chi connectivity index (χ1n) is 9.12. The molecule has 0 unspecified atom stereocenters. The smallest absolute Gasteiger partial charge is 0.284 e. The van der Waals surface area contributed by atoms with Crippen LogP contribution >= 0.6 is 0 Å². The summed E-state index contributed by atoms with van der Waals surface area (Å²) in [6.07, 6.45) is 0.634. The quantitative estimate of drug-likeness (QED) is 0.783. The maximum Gasteiger partial charge on any atom is 0.284 e. The van der Waals surface area contributed by atoms with Crippen LogP contribution in [0.4, 0.5) is 0 Å². The molecule has 2 heterocycles. The Bertz CT molecular complexity index is 948. The molecule has 5 nitrogen and oxygen atoms in total. The van der Waals surface area contributed by atoms with E-state index in [4.69, 9.17) is 4.74 Å². The van der Waals surface area contributed by atoms with E-state index < -0.39 is 11.4 Å². The Balaban J connectivity index is 1.97. The highest BCUT2D eigenvalue weighted by Crippen LogP contribution is 2.51. The monoisotopic (exact) mass is 361 g/mol. The van der Waals surface area contributed by atoms with Crippen molar-refractivity contribution in [3.05, 3.63) is 65.2 Å². The number of hydrogen-bond donors (Lipinski definition) is 0. The molecule has 2 aliphatic rings. The Labute approximate surface area is 159 Å². The van der Waals surface area contributed by atoms with E-state index in [0.717, 1.165) is 11.1 Å². The number of ether oxygens (including phenoxy) is 1. The van der Waals surface area contributed by atoms with E-state index in [1.807, 2.05) is 75.3 Å². The van der Waals surface area contributed by atoms with Crippen molar-refractivity contribution < 1.29 is 9.53 Å². The van der Waals surface area contributed by atoms with Crippen LogP contribution in [0, 0.1) is 11.3 Å². The normalized spacial score (nSPS) is 26.6. The summed E-state index contributed by atoms with van der Waals surface area (Å²) in [4.78, 5) is 17.3. The molecule has 4 rings (SSSR count). The molecule has 0 bridgehead atoms. The van der Waals surface area contributed by atoms with Crippen LogP contribution in [0.15, 0.2) is 48.5 Å². The molecule has 2 aromatic carbocycles. The fourth-order valence-electron chi connectivity index (χ4n) is 4.33. The van der Waals surface area contributed by atoms with E-state index in [-0.39, 0.29) is 11.8 Å². The standard InChI is InChI=1S/C22H23N3O2/c1-21(2)24(3)20(26)22(25(21)4)18(15-9-6-5-7-10-15)13-16-11-8-12-17(14-23)19(16)27-22/h5-12,18H,13H2,1-4H3/t18-,22-/m1/s1. The van der Waals surface area contributed by atoms with Gasteiger partial charge in [0.1, 0.15) is 11.8 Å². The number of carbonyl (C=O) groups excluding carboxylic acids is 1. The molecular weight excluding hydrogens is 338 g/mol. The van der Waals surface area contributed by atoms with Gasteiger partial charge in [0.15, 0.2) is 0 Å². The first-order valence-corrected chi connectivity index (χ1v) is 9.12. The van der Waals surface area contributed by atoms with Crippen LogP contribution in [-0.4, -0.2) is 41.2 Å². The Kier molecular flexibility index (Phi) is 3.79. The molecule has 2 aromatic rings. The van der Waals surface area contributed by atoms with Crippen LogP contribution in [0.1, 0.15) is 36.5 Å². The zero-order valence-electron chi connectivity index (χ0n) is 16.1. The summed E-state index contributed by atoms with van der Waals surface area (Å²) >= 11 is 0. The second-order valence-electron chi connectivity index (χ2n) is 7.79. The molecule has 0 radical (unpaired) electrons. The van der Waals surface area contributed by atoms with E-state index in [9.17, 15) is 10.1 Å². The van der Waals surface area contributed by atoms with Gasteiger partial charge < -0.3 is 9.64 Å². The second-order valence-corrected chi connectivity index (χ2v) is 7.79. The minimum absolute atomic E-state index is 0.0813. The van der Waals surface area contributed by atoms with Gasteiger partial charge in [-0.1, -0.05) is 42.5 Å². The van der Waals surface area contributed by atoms with E-state index in [1.54, 1.807) is 11.0 Å². The van der Waals surface area contributed by atoms with Gasteiger partial charge >= 0.3 is 0 Å². The third-order valence-electron chi connectivity index (χ3n) is 6.32. The fraction of sp³-hybridized carbons (Fsp3) is 0.364. The summed E-state index contributed by atoms with van der Waals surface area (Å²) in [6.45, 7) is 4.02. The number of benzene rings is 2. The first-order chi connectivity index (χ1) is 12.8. The van der Waals surface area contributed by atoms with Crippen molar-refractivity contribution >= 4 is 5.91 Å². The summed E-state index contributed by atoms with van der Waals surface area (Å²) in [5.41, 5.74) is 0.786. The van der Waals surface area contributed by atoms with Gasteiger partial charge in [0, 0.05) is 7.05 Å². The number of rotatable bonds is 1. The highest BCUT2D eigenvalue weighted by molar-refractivity contribution is 5.90. The minimum atomic E-state index is -1.18. The lowest BCUT2D eigenvalue weighted by Gasteiger charge is -2.46. The average Bonchev–Trinajstić information content (AvgIpc) is 2.81. The lowest BCUT2D eigenvalue weighted by Crippen LogP contribution is -2.61. The molecular formula is C22H23N3O2. The summed E-state index contributed by atoms with van der Waals surface area (Å²) in [5.74, 6) is 0.266. The number of para-hydroxylation sites is 1. The molecule has 2 aliphatic heterocycles. The first kappa shape index (κ1) is 17.6. The van der Waals surface area contributed by atoms with E-state index in [2.05, 4.69) is 6.07 Å². The number of carbonyl (C=O) groups is 1. The number of nitrogens with zero attached hydrogens (tertiary/aromatic N) is 3. The zero-order valence-corrected chi connectivity index (χ0v) is 16.1. The van der Waals surface area contributed by atoms with Gasteiger partial charge in [-0.25, -0.2) is 4.90 Å². The van der Waals surface area contributed by atoms with Crippen molar-refractivity contribution in [2.24, 2.45) is 0 Å². The van der Waals surface area contributed by atoms with Gasteiger partial charge in [-0.05, 0) is 44.5 Å². The Hall–Kier alpha value is -2.84. The van der Waals surface area contributed by atoms with Gasteiger partial charge in [-0.2, -0.15) is 5.26 Å². The highest BCUT2D eigenvalue weighted by Gasteiger charge is 2.66. The molecule has 27 heavy (non-hydrogen) atoms. The maximum absolute atomic E-state index is 13.6. The minimum Gasteiger partial charge on any atom is -0.461 e. The van der Waals surface area contributed by atoms with Crippen LogP contribution in [0.5, 0.6) is 5.75 Å². The largest absolute Gasteiger partial charge is 0.461 e. The van der Waals surface area contributed by atoms with Crippen LogP contribution in [0.3, 0.4) is 0 Å². The van der Waals surface area contributed by atoms with E-state index in [0.29, 0.717) is 17.7 Å². The SMILES string of the molecule is CN1C(=O)[C@@]2(Oc3c(C#N)cccc3C[C@@H]2c2ccccc2)N(C)C1(C)C.